The number of carbonyl (C=O) groups excluding carboxylic acids is 1. The van der Waals surface area contributed by atoms with Crippen molar-refractivity contribution in [1.29, 1.82) is 0 Å². The van der Waals surface area contributed by atoms with Gasteiger partial charge in [0.15, 0.2) is 0 Å². The highest BCUT2D eigenvalue weighted by atomic mass is 32.1. The molecule has 1 aromatic heterocycles. The summed E-state index contributed by atoms with van der Waals surface area (Å²) < 4.78 is 5.19. The average molecular weight is 286 g/mol. The maximum atomic E-state index is 12.6. The van der Waals surface area contributed by atoms with E-state index < -0.39 is 0 Å². The molecular weight excluding hydrogens is 268 g/mol. The lowest BCUT2D eigenvalue weighted by Crippen LogP contribution is -1.99. The fraction of sp³-hybridized carbons (Fsp3) is 0.353. The number of rotatable bonds is 3. The van der Waals surface area contributed by atoms with Crippen molar-refractivity contribution in [3.05, 3.63) is 51.2 Å². The first-order valence-corrected chi connectivity index (χ1v) is 7.90. The van der Waals surface area contributed by atoms with Crippen LogP contribution in [0, 0.1) is 0 Å². The summed E-state index contributed by atoms with van der Waals surface area (Å²) in [7, 11) is 1.62. The SMILES string of the molecule is COc1cccc(C(=O)c2cc3c(s2)CCCCC3)c1. The van der Waals surface area contributed by atoms with Crippen molar-refractivity contribution in [2.75, 3.05) is 7.11 Å². The maximum Gasteiger partial charge on any atom is 0.203 e. The van der Waals surface area contributed by atoms with E-state index in [1.807, 2.05) is 24.3 Å². The molecule has 0 bridgehead atoms. The molecule has 0 aliphatic heterocycles. The molecule has 1 aliphatic rings. The van der Waals surface area contributed by atoms with Crippen LogP contribution in [0.1, 0.15) is 44.9 Å². The van der Waals surface area contributed by atoms with Crippen molar-refractivity contribution >= 4 is 17.1 Å². The van der Waals surface area contributed by atoms with Gasteiger partial charge in [-0.15, -0.1) is 11.3 Å². The summed E-state index contributed by atoms with van der Waals surface area (Å²) in [5, 5.41) is 0. The molecule has 0 saturated heterocycles. The predicted molar refractivity (Wildman–Crippen MR) is 82.0 cm³/mol. The summed E-state index contributed by atoms with van der Waals surface area (Å²) in [5.74, 6) is 0.843. The smallest absolute Gasteiger partial charge is 0.203 e. The number of fused-ring (bicyclic) bond motifs is 1. The minimum Gasteiger partial charge on any atom is -0.497 e. The highest BCUT2D eigenvalue weighted by Crippen LogP contribution is 2.30. The highest BCUT2D eigenvalue weighted by molar-refractivity contribution is 7.14. The van der Waals surface area contributed by atoms with Crippen LogP contribution in [-0.2, 0) is 12.8 Å². The molecule has 0 atom stereocenters. The van der Waals surface area contributed by atoms with E-state index in [4.69, 9.17) is 4.74 Å². The summed E-state index contributed by atoms with van der Waals surface area (Å²) in [6, 6.07) is 9.50. The Bertz CT molecular complexity index is 604. The first-order valence-electron chi connectivity index (χ1n) is 7.08. The Morgan fingerprint density at radius 3 is 2.85 bits per heavy atom. The minimum absolute atomic E-state index is 0.113. The van der Waals surface area contributed by atoms with Gasteiger partial charge in [-0.1, -0.05) is 18.6 Å². The Morgan fingerprint density at radius 1 is 1.15 bits per heavy atom. The largest absolute Gasteiger partial charge is 0.497 e. The molecule has 104 valence electrons. The molecule has 1 heterocycles. The summed E-state index contributed by atoms with van der Waals surface area (Å²) in [5.41, 5.74) is 2.10. The summed E-state index contributed by atoms with van der Waals surface area (Å²) in [6.45, 7) is 0. The quantitative estimate of drug-likeness (QED) is 0.622. The van der Waals surface area contributed by atoms with Crippen LogP contribution >= 0.6 is 11.3 Å². The van der Waals surface area contributed by atoms with E-state index in [0.29, 0.717) is 5.56 Å². The number of ether oxygens (including phenoxy) is 1. The van der Waals surface area contributed by atoms with E-state index in [9.17, 15) is 4.79 Å². The molecular formula is C17H18O2S. The Balaban J connectivity index is 1.90. The molecule has 0 unspecified atom stereocenters. The van der Waals surface area contributed by atoms with Gasteiger partial charge in [-0.25, -0.2) is 0 Å². The molecule has 0 N–H and O–H groups in total. The molecule has 3 heteroatoms. The Labute approximate surface area is 123 Å². The summed E-state index contributed by atoms with van der Waals surface area (Å²) in [4.78, 5) is 14.8. The third-order valence-corrected chi connectivity index (χ3v) is 5.04. The summed E-state index contributed by atoms with van der Waals surface area (Å²) in [6.07, 6.45) is 6.06. The molecule has 3 rings (SSSR count). The first kappa shape index (κ1) is 13.4. The number of hydrogen-bond acceptors (Lipinski definition) is 3. The summed E-state index contributed by atoms with van der Waals surface area (Å²) >= 11 is 1.67. The van der Waals surface area contributed by atoms with Gasteiger partial charge < -0.3 is 4.74 Å². The molecule has 1 aromatic carbocycles. The molecule has 20 heavy (non-hydrogen) atoms. The molecule has 1 aliphatic carbocycles. The number of methoxy groups -OCH3 is 1. The van der Waals surface area contributed by atoms with Gasteiger partial charge in [0, 0.05) is 10.4 Å². The van der Waals surface area contributed by atoms with Gasteiger partial charge >= 0.3 is 0 Å². The van der Waals surface area contributed by atoms with E-state index in [2.05, 4.69) is 6.07 Å². The van der Waals surface area contributed by atoms with Gasteiger partial charge in [-0.3, -0.25) is 4.79 Å². The molecule has 0 saturated carbocycles. The lowest BCUT2D eigenvalue weighted by Gasteiger charge is -2.02. The van der Waals surface area contributed by atoms with Gasteiger partial charge in [0.05, 0.1) is 12.0 Å². The van der Waals surface area contributed by atoms with E-state index in [1.165, 1.54) is 29.7 Å². The van der Waals surface area contributed by atoms with E-state index in [1.54, 1.807) is 18.4 Å². The minimum atomic E-state index is 0.113. The second-order valence-electron chi connectivity index (χ2n) is 5.18. The van der Waals surface area contributed by atoms with Crippen molar-refractivity contribution in [3.8, 4) is 5.75 Å². The molecule has 2 aromatic rings. The van der Waals surface area contributed by atoms with Crippen LogP contribution in [0.5, 0.6) is 5.75 Å². The fourth-order valence-corrected chi connectivity index (χ4v) is 3.90. The first-order chi connectivity index (χ1) is 9.78. The zero-order valence-electron chi connectivity index (χ0n) is 11.6. The predicted octanol–water partition coefficient (Wildman–Crippen LogP) is 4.26. The van der Waals surface area contributed by atoms with Gasteiger partial charge in [0.25, 0.3) is 0 Å². The van der Waals surface area contributed by atoms with Crippen molar-refractivity contribution in [3.63, 3.8) is 0 Å². The number of benzene rings is 1. The van der Waals surface area contributed by atoms with Crippen LogP contribution in [0.15, 0.2) is 30.3 Å². The maximum absolute atomic E-state index is 12.6. The van der Waals surface area contributed by atoms with E-state index in [-0.39, 0.29) is 5.78 Å². The Kier molecular flexibility index (Phi) is 3.88. The van der Waals surface area contributed by atoms with E-state index >= 15 is 0 Å². The number of aryl methyl sites for hydroxylation is 2. The van der Waals surface area contributed by atoms with Crippen LogP contribution in [0.25, 0.3) is 0 Å². The second kappa shape index (κ2) is 5.80. The third kappa shape index (κ3) is 2.63. The highest BCUT2D eigenvalue weighted by Gasteiger charge is 2.17. The Morgan fingerprint density at radius 2 is 2.00 bits per heavy atom. The zero-order valence-corrected chi connectivity index (χ0v) is 12.5. The van der Waals surface area contributed by atoms with Gasteiger partial charge in [0.1, 0.15) is 5.75 Å². The average Bonchev–Trinajstić information content (AvgIpc) is 2.77. The second-order valence-corrected chi connectivity index (χ2v) is 6.32. The molecule has 0 amide bonds. The van der Waals surface area contributed by atoms with Gasteiger partial charge in [0.2, 0.25) is 5.78 Å². The number of ketones is 1. The van der Waals surface area contributed by atoms with Crippen LogP contribution in [0.2, 0.25) is 0 Å². The molecule has 2 nitrogen and oxygen atoms in total. The fourth-order valence-electron chi connectivity index (χ4n) is 2.69. The van der Waals surface area contributed by atoms with Crippen LogP contribution in [0.4, 0.5) is 0 Å². The number of carbonyl (C=O) groups is 1. The zero-order chi connectivity index (χ0) is 13.9. The standard InChI is InChI=1S/C17H18O2S/c1-19-14-8-5-7-13(10-14)17(18)16-11-12-6-3-2-4-9-15(12)20-16/h5,7-8,10-11H,2-4,6,9H2,1H3. The Hall–Kier alpha value is -1.61. The van der Waals surface area contributed by atoms with Crippen molar-refractivity contribution in [2.45, 2.75) is 32.1 Å². The number of hydrogen-bond donors (Lipinski definition) is 0. The topological polar surface area (TPSA) is 26.3 Å². The van der Waals surface area contributed by atoms with Crippen LogP contribution in [0.3, 0.4) is 0 Å². The van der Waals surface area contributed by atoms with Gasteiger partial charge in [-0.2, -0.15) is 0 Å². The lowest BCUT2D eigenvalue weighted by atomic mass is 10.1. The molecule has 0 fully saturated rings. The lowest BCUT2D eigenvalue weighted by molar-refractivity contribution is 0.104. The van der Waals surface area contributed by atoms with Crippen molar-refractivity contribution < 1.29 is 9.53 Å². The third-order valence-electron chi connectivity index (χ3n) is 3.80. The van der Waals surface area contributed by atoms with Crippen molar-refractivity contribution in [1.82, 2.24) is 0 Å². The van der Waals surface area contributed by atoms with Crippen LogP contribution in [-0.4, -0.2) is 12.9 Å². The van der Waals surface area contributed by atoms with Crippen molar-refractivity contribution in [2.24, 2.45) is 0 Å². The van der Waals surface area contributed by atoms with Gasteiger partial charge in [-0.05, 0) is 49.4 Å². The normalized spacial score (nSPS) is 14.4. The monoisotopic (exact) mass is 286 g/mol. The number of thiophene rings is 1. The molecule has 0 spiro atoms. The van der Waals surface area contributed by atoms with Crippen LogP contribution < -0.4 is 4.74 Å². The van der Waals surface area contributed by atoms with E-state index in [0.717, 1.165) is 23.5 Å². The molecule has 0 radical (unpaired) electrons.